The van der Waals surface area contributed by atoms with Crippen LogP contribution in [-0.2, 0) is 19.6 Å². The monoisotopic (exact) mass is 430 g/mol. The zero-order valence-corrected chi connectivity index (χ0v) is 18.3. The zero-order valence-electron chi connectivity index (χ0n) is 17.5. The summed E-state index contributed by atoms with van der Waals surface area (Å²) in [5.41, 5.74) is 3.29. The first-order valence-corrected chi connectivity index (χ1v) is 11.3. The SMILES string of the molecule is Cc1ccc(NC(=O)C(C)OC(=O)c2cc(S(=O)(=O)NC3CC3)ccc2C)c(C)c1. The highest BCUT2D eigenvalue weighted by atomic mass is 32.2. The van der Waals surface area contributed by atoms with Crippen LogP contribution in [0.1, 0.15) is 46.8 Å². The number of amides is 1. The second kappa shape index (κ2) is 8.57. The molecule has 1 amide bonds. The van der Waals surface area contributed by atoms with Gasteiger partial charge in [-0.1, -0.05) is 23.8 Å². The number of hydrogen-bond acceptors (Lipinski definition) is 5. The number of sulfonamides is 1. The molecule has 0 radical (unpaired) electrons. The summed E-state index contributed by atoms with van der Waals surface area (Å²) >= 11 is 0. The smallest absolute Gasteiger partial charge is 0.339 e. The summed E-state index contributed by atoms with van der Waals surface area (Å²) in [6.45, 7) is 6.99. The molecule has 30 heavy (non-hydrogen) atoms. The number of benzene rings is 2. The maximum atomic E-state index is 12.6. The highest BCUT2D eigenvalue weighted by Crippen LogP contribution is 2.24. The summed E-state index contributed by atoms with van der Waals surface area (Å²) in [6, 6.07) is 9.87. The van der Waals surface area contributed by atoms with Gasteiger partial charge in [-0.25, -0.2) is 17.9 Å². The highest BCUT2D eigenvalue weighted by molar-refractivity contribution is 7.89. The van der Waals surface area contributed by atoms with Crippen LogP contribution in [0.5, 0.6) is 0 Å². The first kappa shape index (κ1) is 22.0. The molecular weight excluding hydrogens is 404 g/mol. The fourth-order valence-electron chi connectivity index (χ4n) is 2.94. The van der Waals surface area contributed by atoms with Crippen LogP contribution < -0.4 is 10.0 Å². The van der Waals surface area contributed by atoms with Crippen LogP contribution in [0.4, 0.5) is 5.69 Å². The van der Waals surface area contributed by atoms with E-state index in [9.17, 15) is 18.0 Å². The molecule has 3 rings (SSSR count). The van der Waals surface area contributed by atoms with E-state index in [1.165, 1.54) is 19.1 Å². The van der Waals surface area contributed by atoms with Crippen molar-refractivity contribution in [1.29, 1.82) is 0 Å². The largest absolute Gasteiger partial charge is 0.449 e. The predicted octanol–water partition coefficient (Wildman–Crippen LogP) is 3.24. The van der Waals surface area contributed by atoms with Gasteiger partial charge in [-0.05, 0) is 69.9 Å². The minimum Gasteiger partial charge on any atom is -0.449 e. The molecule has 1 aliphatic carbocycles. The molecule has 1 atom stereocenters. The zero-order chi connectivity index (χ0) is 22.1. The summed E-state index contributed by atoms with van der Waals surface area (Å²) in [5.74, 6) is -1.22. The first-order chi connectivity index (χ1) is 14.1. The Balaban J connectivity index is 1.71. The molecular formula is C22H26N2O5S. The third-order valence-electron chi connectivity index (χ3n) is 4.93. The van der Waals surface area contributed by atoms with Gasteiger partial charge in [0, 0.05) is 11.7 Å². The van der Waals surface area contributed by atoms with Crippen molar-refractivity contribution >= 4 is 27.6 Å². The Morgan fingerprint density at radius 3 is 2.37 bits per heavy atom. The van der Waals surface area contributed by atoms with Gasteiger partial charge < -0.3 is 10.1 Å². The normalized spacial score (nSPS) is 14.8. The van der Waals surface area contributed by atoms with E-state index >= 15 is 0 Å². The van der Waals surface area contributed by atoms with E-state index in [-0.39, 0.29) is 16.5 Å². The summed E-state index contributed by atoms with van der Waals surface area (Å²) in [7, 11) is -3.70. The number of aryl methyl sites for hydroxylation is 3. The third kappa shape index (κ3) is 5.25. The molecule has 0 spiro atoms. The minimum atomic E-state index is -3.70. The van der Waals surface area contributed by atoms with E-state index in [2.05, 4.69) is 10.0 Å². The molecule has 0 heterocycles. The van der Waals surface area contributed by atoms with Gasteiger partial charge in [0.2, 0.25) is 10.0 Å². The molecule has 2 aromatic rings. The Morgan fingerprint density at radius 2 is 1.73 bits per heavy atom. The van der Waals surface area contributed by atoms with Gasteiger partial charge in [0.05, 0.1) is 10.5 Å². The third-order valence-corrected chi connectivity index (χ3v) is 6.45. The number of ether oxygens (including phenoxy) is 1. The van der Waals surface area contributed by atoms with Crippen molar-refractivity contribution in [2.75, 3.05) is 5.32 Å². The number of hydrogen-bond donors (Lipinski definition) is 2. The average Bonchev–Trinajstić information content (AvgIpc) is 3.47. The molecule has 0 bridgehead atoms. The first-order valence-electron chi connectivity index (χ1n) is 9.79. The number of anilines is 1. The maximum Gasteiger partial charge on any atom is 0.339 e. The van der Waals surface area contributed by atoms with Crippen LogP contribution in [0, 0.1) is 20.8 Å². The van der Waals surface area contributed by atoms with E-state index in [1.807, 2.05) is 26.0 Å². The summed E-state index contributed by atoms with van der Waals surface area (Å²) in [5, 5.41) is 2.75. The van der Waals surface area contributed by atoms with E-state index in [0.717, 1.165) is 24.0 Å². The molecule has 1 fully saturated rings. The second-order valence-electron chi connectivity index (χ2n) is 7.73. The molecule has 1 aliphatic rings. The van der Waals surface area contributed by atoms with Crippen molar-refractivity contribution in [3.05, 3.63) is 58.7 Å². The Bertz CT molecular complexity index is 1090. The van der Waals surface area contributed by atoms with E-state index < -0.39 is 28.0 Å². The Labute approximate surface area is 176 Å². The van der Waals surface area contributed by atoms with Gasteiger partial charge in [0.25, 0.3) is 5.91 Å². The maximum absolute atomic E-state index is 12.6. The summed E-state index contributed by atoms with van der Waals surface area (Å²) in [4.78, 5) is 25.1. The highest BCUT2D eigenvalue weighted by Gasteiger charge is 2.29. The molecule has 8 heteroatoms. The van der Waals surface area contributed by atoms with Crippen LogP contribution >= 0.6 is 0 Å². The fourth-order valence-corrected chi connectivity index (χ4v) is 4.27. The molecule has 2 aromatic carbocycles. The van der Waals surface area contributed by atoms with Crippen molar-refractivity contribution < 1.29 is 22.7 Å². The standard InChI is InChI=1S/C22H26N2O5S/c1-13-5-10-20(15(3)11-13)23-21(25)16(4)29-22(26)19-12-18(9-6-14(19)2)30(27,28)24-17-7-8-17/h5-6,9-12,16-17,24H,7-8H2,1-4H3,(H,23,25). The van der Waals surface area contributed by atoms with Gasteiger partial charge in [0.15, 0.2) is 6.10 Å². The van der Waals surface area contributed by atoms with Crippen molar-refractivity contribution in [1.82, 2.24) is 4.72 Å². The van der Waals surface area contributed by atoms with Crippen LogP contribution in [0.3, 0.4) is 0 Å². The lowest BCUT2D eigenvalue weighted by Gasteiger charge is -2.16. The lowest BCUT2D eigenvalue weighted by molar-refractivity contribution is -0.123. The molecule has 7 nitrogen and oxygen atoms in total. The molecule has 160 valence electrons. The van der Waals surface area contributed by atoms with E-state index in [0.29, 0.717) is 11.3 Å². The summed E-state index contributed by atoms with van der Waals surface area (Å²) < 4.78 is 32.8. The quantitative estimate of drug-likeness (QED) is 0.657. The van der Waals surface area contributed by atoms with E-state index in [4.69, 9.17) is 4.74 Å². The molecule has 0 aromatic heterocycles. The Kier molecular flexibility index (Phi) is 6.28. The molecule has 0 aliphatic heterocycles. The molecule has 2 N–H and O–H groups in total. The van der Waals surface area contributed by atoms with Crippen molar-refractivity contribution in [2.45, 2.75) is 57.6 Å². The predicted molar refractivity (Wildman–Crippen MR) is 114 cm³/mol. The van der Waals surface area contributed by atoms with Crippen LogP contribution in [0.25, 0.3) is 0 Å². The van der Waals surface area contributed by atoms with Crippen LogP contribution in [0.15, 0.2) is 41.3 Å². The van der Waals surface area contributed by atoms with Crippen LogP contribution in [0.2, 0.25) is 0 Å². The fraction of sp³-hybridized carbons (Fsp3) is 0.364. The Morgan fingerprint density at radius 1 is 1.03 bits per heavy atom. The van der Waals surface area contributed by atoms with E-state index in [1.54, 1.807) is 19.1 Å². The summed E-state index contributed by atoms with van der Waals surface area (Å²) in [6.07, 6.45) is 0.572. The Hall–Kier alpha value is -2.71. The topological polar surface area (TPSA) is 102 Å². The number of rotatable bonds is 7. The van der Waals surface area contributed by atoms with Crippen molar-refractivity contribution in [2.24, 2.45) is 0 Å². The van der Waals surface area contributed by atoms with Crippen molar-refractivity contribution in [3.63, 3.8) is 0 Å². The van der Waals surface area contributed by atoms with Gasteiger partial charge in [0.1, 0.15) is 0 Å². The number of carbonyl (C=O) groups excluding carboxylic acids is 2. The lowest BCUT2D eigenvalue weighted by atomic mass is 10.1. The molecule has 1 saturated carbocycles. The molecule has 1 unspecified atom stereocenters. The number of nitrogens with one attached hydrogen (secondary N) is 2. The minimum absolute atomic E-state index is 0.000616. The van der Waals surface area contributed by atoms with Gasteiger partial charge >= 0.3 is 5.97 Å². The average molecular weight is 431 g/mol. The number of esters is 1. The van der Waals surface area contributed by atoms with Crippen LogP contribution in [-0.4, -0.2) is 32.4 Å². The second-order valence-corrected chi connectivity index (χ2v) is 9.44. The lowest BCUT2D eigenvalue weighted by Crippen LogP contribution is -2.30. The number of carbonyl (C=O) groups is 2. The van der Waals surface area contributed by atoms with Gasteiger partial charge in [-0.2, -0.15) is 0 Å². The van der Waals surface area contributed by atoms with Gasteiger partial charge in [-0.3, -0.25) is 4.79 Å². The van der Waals surface area contributed by atoms with Crippen molar-refractivity contribution in [3.8, 4) is 0 Å². The molecule has 0 saturated heterocycles. The van der Waals surface area contributed by atoms with Gasteiger partial charge in [-0.15, -0.1) is 0 Å².